The van der Waals surface area contributed by atoms with Gasteiger partial charge in [0, 0.05) is 25.8 Å². The normalized spacial score (nSPS) is 15.7. The van der Waals surface area contributed by atoms with E-state index in [2.05, 4.69) is 15.0 Å². The van der Waals surface area contributed by atoms with Crippen LogP contribution in [0.25, 0.3) is 0 Å². The number of pyridine rings is 1. The van der Waals surface area contributed by atoms with E-state index in [1.54, 1.807) is 31.4 Å². The predicted molar refractivity (Wildman–Crippen MR) is 75.1 cm³/mol. The van der Waals surface area contributed by atoms with Crippen molar-refractivity contribution in [3.05, 3.63) is 24.4 Å². The third kappa shape index (κ3) is 4.77. The van der Waals surface area contributed by atoms with E-state index in [0.29, 0.717) is 18.4 Å². The second-order valence-corrected chi connectivity index (χ2v) is 6.50. The maximum Gasteiger partial charge on any atom is 0.302 e. The molecule has 1 aromatic rings. The zero-order valence-electron chi connectivity index (χ0n) is 11.0. The molecule has 1 aliphatic carbocycles. The Kier molecular flexibility index (Phi) is 4.73. The fourth-order valence-corrected chi connectivity index (χ4v) is 2.56. The van der Waals surface area contributed by atoms with Gasteiger partial charge >= 0.3 is 10.2 Å². The first-order valence-electron chi connectivity index (χ1n) is 6.46. The monoisotopic (exact) mass is 284 g/mol. The molecule has 0 spiro atoms. The molecule has 1 aromatic heterocycles. The highest BCUT2D eigenvalue weighted by atomic mass is 32.2. The van der Waals surface area contributed by atoms with Gasteiger partial charge in [-0.25, -0.2) is 4.98 Å². The van der Waals surface area contributed by atoms with Crippen molar-refractivity contribution in [2.45, 2.75) is 25.3 Å². The Balaban J connectivity index is 1.77. The van der Waals surface area contributed by atoms with Crippen molar-refractivity contribution in [3.63, 3.8) is 0 Å². The molecule has 0 unspecified atom stereocenters. The molecule has 0 bridgehead atoms. The molecule has 1 saturated carbocycles. The van der Waals surface area contributed by atoms with Gasteiger partial charge in [-0.3, -0.25) is 4.72 Å². The first-order chi connectivity index (χ1) is 9.08. The first kappa shape index (κ1) is 14.2. The Bertz CT molecular complexity index is 488. The van der Waals surface area contributed by atoms with Crippen molar-refractivity contribution in [1.29, 1.82) is 0 Å². The van der Waals surface area contributed by atoms with Gasteiger partial charge in [0.15, 0.2) is 0 Å². The summed E-state index contributed by atoms with van der Waals surface area (Å²) in [6, 6.07) is 5.77. The lowest BCUT2D eigenvalue weighted by Gasteiger charge is -2.17. The van der Waals surface area contributed by atoms with Crippen LogP contribution in [0, 0.1) is 0 Å². The van der Waals surface area contributed by atoms with E-state index in [1.807, 2.05) is 0 Å². The molecular weight excluding hydrogens is 264 g/mol. The van der Waals surface area contributed by atoms with Crippen LogP contribution in [0.1, 0.15) is 19.3 Å². The molecule has 0 radical (unpaired) electrons. The third-order valence-corrected chi connectivity index (χ3v) is 4.44. The summed E-state index contributed by atoms with van der Waals surface area (Å²) in [5, 5.41) is 3.36. The van der Waals surface area contributed by atoms with Crippen molar-refractivity contribution in [3.8, 4) is 0 Å². The van der Waals surface area contributed by atoms with Gasteiger partial charge in [0.2, 0.25) is 0 Å². The predicted octanol–water partition coefficient (Wildman–Crippen LogP) is 0.812. The van der Waals surface area contributed by atoms with Crippen LogP contribution in [0.4, 0.5) is 5.82 Å². The van der Waals surface area contributed by atoms with Gasteiger partial charge in [-0.1, -0.05) is 6.07 Å². The smallest absolute Gasteiger partial charge is 0.302 e. The summed E-state index contributed by atoms with van der Waals surface area (Å²) in [4.78, 5) is 3.94. The lowest BCUT2D eigenvalue weighted by Crippen LogP contribution is -2.34. The molecule has 1 fully saturated rings. The Hall–Kier alpha value is -1.18. The molecule has 6 nitrogen and oxygen atoms in total. The molecule has 19 heavy (non-hydrogen) atoms. The molecule has 0 atom stereocenters. The van der Waals surface area contributed by atoms with Crippen LogP contribution in [-0.2, 0) is 10.2 Å². The van der Waals surface area contributed by atoms with Crippen molar-refractivity contribution < 1.29 is 8.42 Å². The van der Waals surface area contributed by atoms with Crippen molar-refractivity contribution in [1.82, 2.24) is 14.6 Å². The largest absolute Gasteiger partial charge is 0.314 e. The number of nitrogens with zero attached hydrogens (tertiary/aromatic N) is 2. The SMILES string of the molecule is CN(CCCNC1CC1)S(=O)(=O)Nc1ccccn1. The fraction of sp³-hybridized carbons (Fsp3) is 0.583. The lowest BCUT2D eigenvalue weighted by molar-refractivity contribution is 0.457. The molecule has 106 valence electrons. The molecular formula is C12H20N4O2S. The van der Waals surface area contributed by atoms with Gasteiger partial charge in [-0.2, -0.15) is 12.7 Å². The zero-order chi connectivity index (χ0) is 13.7. The molecule has 0 aromatic carbocycles. The molecule has 1 aliphatic rings. The van der Waals surface area contributed by atoms with Crippen LogP contribution < -0.4 is 10.0 Å². The summed E-state index contributed by atoms with van der Waals surface area (Å²) < 4.78 is 27.8. The summed E-state index contributed by atoms with van der Waals surface area (Å²) in [7, 11) is -1.93. The van der Waals surface area contributed by atoms with Crippen LogP contribution in [0.5, 0.6) is 0 Å². The average Bonchev–Trinajstić information content (AvgIpc) is 3.19. The van der Waals surface area contributed by atoms with Crippen LogP contribution in [0.3, 0.4) is 0 Å². The molecule has 0 amide bonds. The van der Waals surface area contributed by atoms with Crippen molar-refractivity contribution in [2.75, 3.05) is 24.9 Å². The van der Waals surface area contributed by atoms with Crippen LogP contribution in [0.15, 0.2) is 24.4 Å². The van der Waals surface area contributed by atoms with E-state index in [0.717, 1.165) is 13.0 Å². The zero-order valence-corrected chi connectivity index (χ0v) is 11.9. The quantitative estimate of drug-likeness (QED) is 0.693. The molecule has 7 heteroatoms. The minimum absolute atomic E-state index is 0.338. The summed E-state index contributed by atoms with van der Waals surface area (Å²) >= 11 is 0. The average molecular weight is 284 g/mol. The van der Waals surface area contributed by atoms with Crippen LogP contribution in [0.2, 0.25) is 0 Å². The van der Waals surface area contributed by atoms with E-state index in [1.165, 1.54) is 17.1 Å². The first-order valence-corrected chi connectivity index (χ1v) is 7.90. The highest BCUT2D eigenvalue weighted by Crippen LogP contribution is 2.18. The highest BCUT2D eigenvalue weighted by Gasteiger charge is 2.21. The van der Waals surface area contributed by atoms with Gasteiger partial charge in [-0.05, 0) is 37.9 Å². The molecule has 1 heterocycles. The number of anilines is 1. The Labute approximate surface area is 114 Å². The summed E-state index contributed by atoms with van der Waals surface area (Å²) in [6.07, 6.45) is 4.85. The van der Waals surface area contributed by atoms with Gasteiger partial charge in [0.25, 0.3) is 0 Å². The van der Waals surface area contributed by atoms with E-state index < -0.39 is 10.2 Å². The van der Waals surface area contributed by atoms with Gasteiger partial charge in [-0.15, -0.1) is 0 Å². The number of aromatic nitrogens is 1. The highest BCUT2D eigenvalue weighted by molar-refractivity contribution is 7.90. The van der Waals surface area contributed by atoms with E-state index in [4.69, 9.17) is 0 Å². The number of hydrogen-bond acceptors (Lipinski definition) is 4. The van der Waals surface area contributed by atoms with E-state index in [9.17, 15) is 8.42 Å². The number of nitrogens with one attached hydrogen (secondary N) is 2. The molecule has 0 aliphatic heterocycles. The minimum atomic E-state index is -3.51. The number of hydrogen-bond donors (Lipinski definition) is 2. The van der Waals surface area contributed by atoms with Gasteiger partial charge in [0.1, 0.15) is 5.82 Å². The third-order valence-electron chi connectivity index (χ3n) is 2.97. The fourth-order valence-electron chi connectivity index (χ4n) is 1.65. The van der Waals surface area contributed by atoms with Gasteiger partial charge < -0.3 is 5.32 Å². The van der Waals surface area contributed by atoms with Crippen LogP contribution >= 0.6 is 0 Å². The van der Waals surface area contributed by atoms with Crippen LogP contribution in [-0.4, -0.2) is 43.9 Å². The van der Waals surface area contributed by atoms with Gasteiger partial charge in [0.05, 0.1) is 0 Å². The summed E-state index contributed by atoms with van der Waals surface area (Å²) in [5.74, 6) is 0.338. The van der Waals surface area contributed by atoms with E-state index >= 15 is 0 Å². The lowest BCUT2D eigenvalue weighted by atomic mass is 10.4. The summed E-state index contributed by atoms with van der Waals surface area (Å²) in [5.41, 5.74) is 0. The second kappa shape index (κ2) is 6.31. The number of rotatable bonds is 8. The second-order valence-electron chi connectivity index (χ2n) is 4.73. The Morgan fingerprint density at radius 1 is 1.42 bits per heavy atom. The maximum absolute atomic E-state index is 12.0. The minimum Gasteiger partial charge on any atom is -0.314 e. The van der Waals surface area contributed by atoms with E-state index in [-0.39, 0.29) is 0 Å². The topological polar surface area (TPSA) is 74.3 Å². The Morgan fingerprint density at radius 2 is 2.21 bits per heavy atom. The molecule has 2 N–H and O–H groups in total. The standard InChI is InChI=1S/C12H20N4O2S/c1-16(10-4-9-13-11-6-7-11)19(17,18)15-12-5-2-3-8-14-12/h2-3,5,8,11,13H,4,6-7,9-10H2,1H3,(H,14,15). The molecule has 0 saturated heterocycles. The Morgan fingerprint density at radius 3 is 2.84 bits per heavy atom. The maximum atomic E-state index is 12.0. The van der Waals surface area contributed by atoms with Crippen molar-refractivity contribution in [2.24, 2.45) is 0 Å². The van der Waals surface area contributed by atoms with Crippen molar-refractivity contribution >= 4 is 16.0 Å². The summed E-state index contributed by atoms with van der Waals surface area (Å²) in [6.45, 7) is 1.34. The molecule has 2 rings (SSSR count).